The van der Waals surface area contributed by atoms with Crippen molar-refractivity contribution in [3.63, 3.8) is 0 Å². The molecule has 0 aromatic rings. The molecule has 3 aliphatic rings. The third-order valence-electron chi connectivity index (χ3n) is 5.74. The molecule has 27 heavy (non-hydrogen) atoms. The average molecular weight is 402 g/mol. The summed E-state index contributed by atoms with van der Waals surface area (Å²) in [6.07, 6.45) is -10.0. The van der Waals surface area contributed by atoms with Crippen LogP contribution in [0.25, 0.3) is 0 Å². The van der Waals surface area contributed by atoms with Crippen LogP contribution in [0.2, 0.25) is 0 Å². The molecule has 11 heteroatoms. The fourth-order valence-corrected chi connectivity index (χ4v) is 4.37. The van der Waals surface area contributed by atoms with Crippen molar-refractivity contribution in [1.82, 2.24) is 20.9 Å². The monoisotopic (exact) mass is 402 g/mol. The van der Waals surface area contributed by atoms with Gasteiger partial charge in [-0.2, -0.15) is 26.3 Å². The van der Waals surface area contributed by atoms with Gasteiger partial charge in [0.05, 0.1) is 24.5 Å². The van der Waals surface area contributed by atoms with E-state index in [9.17, 15) is 31.1 Å². The van der Waals surface area contributed by atoms with Gasteiger partial charge >= 0.3 is 12.4 Å². The van der Waals surface area contributed by atoms with Crippen molar-refractivity contribution in [2.24, 2.45) is 11.8 Å². The minimum absolute atomic E-state index is 0.0209. The minimum Gasteiger partial charge on any atom is -0.340 e. The summed E-state index contributed by atoms with van der Waals surface area (Å²) >= 11 is 0. The van der Waals surface area contributed by atoms with Gasteiger partial charge in [0.25, 0.3) is 0 Å². The van der Waals surface area contributed by atoms with Crippen molar-refractivity contribution >= 4 is 5.91 Å². The van der Waals surface area contributed by atoms with Crippen LogP contribution in [0.1, 0.15) is 25.7 Å². The molecule has 1 aliphatic carbocycles. The Morgan fingerprint density at radius 2 is 1.78 bits per heavy atom. The molecule has 3 rings (SSSR count). The van der Waals surface area contributed by atoms with Gasteiger partial charge in [0.2, 0.25) is 5.91 Å². The number of alkyl halides is 6. The molecule has 1 amide bonds. The first kappa shape index (κ1) is 20.7. The first-order valence-electron chi connectivity index (χ1n) is 9.19. The SMILES string of the molecule is O=C1CNCCN1CCCC1NC2CC(C(F)(F)F)CC(C(F)(F)F)C2N1. The number of halogens is 6. The van der Waals surface area contributed by atoms with Crippen molar-refractivity contribution < 1.29 is 31.1 Å². The van der Waals surface area contributed by atoms with Crippen molar-refractivity contribution in [3.8, 4) is 0 Å². The lowest BCUT2D eigenvalue weighted by Gasteiger charge is -2.39. The fourth-order valence-electron chi connectivity index (χ4n) is 4.37. The maximum Gasteiger partial charge on any atom is 0.393 e. The van der Waals surface area contributed by atoms with Gasteiger partial charge in [0.1, 0.15) is 0 Å². The third kappa shape index (κ3) is 4.86. The highest BCUT2D eigenvalue weighted by molar-refractivity contribution is 5.78. The quantitative estimate of drug-likeness (QED) is 0.626. The summed E-state index contributed by atoms with van der Waals surface area (Å²) in [5.41, 5.74) is 0. The second-order valence-corrected chi connectivity index (χ2v) is 7.58. The number of nitrogens with zero attached hydrogens (tertiary/aromatic N) is 1. The Bertz CT molecular complexity index is 540. The van der Waals surface area contributed by atoms with Crippen LogP contribution in [0.3, 0.4) is 0 Å². The van der Waals surface area contributed by atoms with Gasteiger partial charge in [0.15, 0.2) is 0 Å². The van der Waals surface area contributed by atoms with E-state index < -0.39 is 48.9 Å². The summed E-state index contributed by atoms with van der Waals surface area (Å²) in [4.78, 5) is 13.4. The topological polar surface area (TPSA) is 56.4 Å². The molecular formula is C16H24F6N4O. The molecule has 3 fully saturated rings. The Morgan fingerprint density at radius 3 is 2.41 bits per heavy atom. The molecule has 0 aromatic carbocycles. The molecule has 1 saturated carbocycles. The molecule has 0 bridgehead atoms. The summed E-state index contributed by atoms with van der Waals surface area (Å²) in [5.74, 6) is -3.99. The zero-order valence-electron chi connectivity index (χ0n) is 14.7. The van der Waals surface area contributed by atoms with Gasteiger partial charge in [-0.1, -0.05) is 0 Å². The molecule has 156 valence electrons. The molecule has 2 saturated heterocycles. The molecule has 0 radical (unpaired) electrons. The van der Waals surface area contributed by atoms with Crippen LogP contribution >= 0.6 is 0 Å². The van der Waals surface area contributed by atoms with Crippen LogP contribution in [0.4, 0.5) is 26.3 Å². The van der Waals surface area contributed by atoms with Gasteiger partial charge < -0.3 is 10.2 Å². The number of fused-ring (bicyclic) bond motifs is 1. The molecular weight excluding hydrogens is 378 g/mol. The number of hydrogen-bond acceptors (Lipinski definition) is 4. The van der Waals surface area contributed by atoms with Gasteiger partial charge in [-0.15, -0.1) is 0 Å². The number of nitrogens with one attached hydrogen (secondary N) is 3. The molecule has 0 aromatic heterocycles. The highest BCUT2D eigenvalue weighted by atomic mass is 19.4. The van der Waals surface area contributed by atoms with Crippen molar-refractivity contribution in [3.05, 3.63) is 0 Å². The molecule has 3 N–H and O–H groups in total. The lowest BCUT2D eigenvalue weighted by Crippen LogP contribution is -2.53. The highest BCUT2D eigenvalue weighted by Gasteiger charge is 2.58. The van der Waals surface area contributed by atoms with Gasteiger partial charge in [-0.25, -0.2) is 0 Å². The first-order chi connectivity index (χ1) is 12.6. The Hall–Kier alpha value is -1.07. The summed E-state index contributed by atoms with van der Waals surface area (Å²) < 4.78 is 79.1. The van der Waals surface area contributed by atoms with E-state index in [1.165, 1.54) is 0 Å². The lowest BCUT2D eigenvalue weighted by atomic mass is 9.75. The molecule has 5 atom stereocenters. The smallest absolute Gasteiger partial charge is 0.340 e. The summed E-state index contributed by atoms with van der Waals surface area (Å²) in [5, 5.41) is 8.73. The molecule has 5 unspecified atom stereocenters. The average Bonchev–Trinajstić information content (AvgIpc) is 2.96. The number of rotatable bonds is 4. The number of hydrogen-bond donors (Lipinski definition) is 3. The Morgan fingerprint density at radius 1 is 1.04 bits per heavy atom. The molecule has 2 heterocycles. The standard InChI is InChI=1S/C16H24F6N4O/c17-15(18,19)9-6-10(16(20,21)22)14-11(7-9)24-12(25-14)2-1-4-26-5-3-23-8-13(26)27/h9-12,14,23-25H,1-8H2. The number of piperazine rings is 1. The van der Waals surface area contributed by atoms with Gasteiger partial charge in [-0.3, -0.25) is 15.4 Å². The maximum absolute atomic E-state index is 13.3. The highest BCUT2D eigenvalue weighted by Crippen LogP contribution is 2.47. The van der Waals surface area contributed by atoms with E-state index in [0.717, 1.165) is 0 Å². The van der Waals surface area contributed by atoms with Crippen LogP contribution in [0, 0.1) is 11.8 Å². The predicted octanol–water partition coefficient (Wildman–Crippen LogP) is 1.61. The van der Waals surface area contributed by atoms with Crippen LogP contribution < -0.4 is 16.0 Å². The Balaban J connectivity index is 1.57. The van der Waals surface area contributed by atoms with Crippen molar-refractivity contribution in [1.29, 1.82) is 0 Å². The summed E-state index contributed by atoms with van der Waals surface area (Å²) in [6, 6.07) is -1.91. The fraction of sp³-hybridized carbons (Fsp3) is 0.938. The number of carbonyl (C=O) groups excluding carboxylic acids is 1. The van der Waals surface area contributed by atoms with E-state index in [2.05, 4.69) is 16.0 Å². The molecule has 0 spiro atoms. The van der Waals surface area contributed by atoms with Crippen molar-refractivity contribution in [2.45, 2.75) is 56.3 Å². The van der Waals surface area contributed by atoms with E-state index in [-0.39, 0.29) is 18.9 Å². The predicted molar refractivity (Wildman–Crippen MR) is 84.6 cm³/mol. The first-order valence-corrected chi connectivity index (χ1v) is 9.19. The summed E-state index contributed by atoms with van der Waals surface area (Å²) in [6.45, 7) is 2.04. The van der Waals surface area contributed by atoms with E-state index in [1.54, 1.807) is 4.90 Å². The van der Waals surface area contributed by atoms with Gasteiger partial charge in [0, 0.05) is 31.7 Å². The van der Waals surface area contributed by atoms with E-state index in [1.807, 2.05) is 0 Å². The largest absolute Gasteiger partial charge is 0.393 e. The summed E-state index contributed by atoms with van der Waals surface area (Å²) in [7, 11) is 0. The van der Waals surface area contributed by atoms with E-state index in [4.69, 9.17) is 0 Å². The second-order valence-electron chi connectivity index (χ2n) is 7.58. The van der Waals surface area contributed by atoms with Crippen LogP contribution in [-0.2, 0) is 4.79 Å². The number of carbonyl (C=O) groups is 1. The lowest BCUT2D eigenvalue weighted by molar-refractivity contribution is -0.228. The van der Waals surface area contributed by atoms with E-state index >= 15 is 0 Å². The zero-order chi connectivity index (χ0) is 19.8. The maximum atomic E-state index is 13.3. The molecule has 2 aliphatic heterocycles. The normalized spacial score (nSPS) is 35.4. The van der Waals surface area contributed by atoms with Crippen LogP contribution in [-0.4, -0.2) is 67.6 Å². The van der Waals surface area contributed by atoms with Gasteiger partial charge in [-0.05, 0) is 25.7 Å². The Kier molecular flexibility index (Phi) is 5.93. The minimum atomic E-state index is -4.68. The molecule has 5 nitrogen and oxygen atoms in total. The van der Waals surface area contributed by atoms with Crippen molar-refractivity contribution in [2.75, 3.05) is 26.2 Å². The second kappa shape index (κ2) is 7.75. The third-order valence-corrected chi connectivity index (χ3v) is 5.74. The number of amides is 1. The van der Waals surface area contributed by atoms with E-state index in [0.29, 0.717) is 32.5 Å². The van der Waals surface area contributed by atoms with Crippen LogP contribution in [0.5, 0.6) is 0 Å². The van der Waals surface area contributed by atoms with Crippen LogP contribution in [0.15, 0.2) is 0 Å². The Labute approximate surface area is 153 Å². The zero-order valence-corrected chi connectivity index (χ0v) is 14.7.